The second kappa shape index (κ2) is 13.0. The summed E-state index contributed by atoms with van der Waals surface area (Å²) < 4.78 is 39.7. The number of thioether (sulfide) groups is 1. The van der Waals surface area contributed by atoms with Gasteiger partial charge < -0.3 is 26.4 Å². The van der Waals surface area contributed by atoms with Crippen molar-refractivity contribution in [1.82, 2.24) is 37.4 Å². The van der Waals surface area contributed by atoms with E-state index in [2.05, 4.69) is 32.0 Å². The van der Waals surface area contributed by atoms with Crippen LogP contribution in [0.15, 0.2) is 34.8 Å². The van der Waals surface area contributed by atoms with Gasteiger partial charge in [0.1, 0.15) is 11.5 Å². The molecule has 8 N–H and O–H groups in total. The minimum atomic E-state index is -4.52. The highest BCUT2D eigenvalue weighted by Gasteiger charge is 2.40. The molecular formula is C20H30F3N7O4S. The van der Waals surface area contributed by atoms with E-state index in [-0.39, 0.29) is 12.3 Å². The molecule has 0 radical (unpaired) electrons. The topological polar surface area (TPSA) is 156 Å². The van der Waals surface area contributed by atoms with E-state index < -0.39 is 41.2 Å². The smallest absolute Gasteiger partial charge is 0.431 e. The number of hydrogen-bond acceptors (Lipinski definition) is 7. The Morgan fingerprint density at radius 1 is 1.23 bits per heavy atom. The SMILES string of the molecule is CCNC(=O)N/C(=C/C(CC1CNC=C(C(=O)NNC(=O)O)C1)C1NC(C(F)(F)F)=CS1)NCC. The van der Waals surface area contributed by atoms with Crippen LogP contribution < -0.4 is 37.4 Å². The van der Waals surface area contributed by atoms with Crippen molar-refractivity contribution in [2.24, 2.45) is 11.8 Å². The number of allylic oxidation sites excluding steroid dienone is 1. The summed E-state index contributed by atoms with van der Waals surface area (Å²) in [6, 6.07) is -0.452. The first-order chi connectivity index (χ1) is 16.5. The Hall–Kier alpha value is -3.23. The van der Waals surface area contributed by atoms with Gasteiger partial charge in [0, 0.05) is 42.7 Å². The molecule has 0 saturated carbocycles. The summed E-state index contributed by atoms with van der Waals surface area (Å²) in [5.41, 5.74) is 3.31. The molecule has 0 aliphatic carbocycles. The molecule has 0 aromatic rings. The van der Waals surface area contributed by atoms with Crippen molar-refractivity contribution < 1.29 is 32.7 Å². The van der Waals surface area contributed by atoms with Crippen LogP contribution in [0, 0.1) is 11.8 Å². The summed E-state index contributed by atoms with van der Waals surface area (Å²) >= 11 is 0.998. The number of rotatable bonds is 9. The molecule has 11 nitrogen and oxygen atoms in total. The largest absolute Gasteiger partial charge is 0.464 e. The Labute approximate surface area is 204 Å². The van der Waals surface area contributed by atoms with Gasteiger partial charge in [0.15, 0.2) is 0 Å². The van der Waals surface area contributed by atoms with E-state index in [0.717, 1.165) is 17.2 Å². The molecule has 2 rings (SSSR count). The lowest BCUT2D eigenvalue weighted by molar-refractivity contribution is -0.118. The molecule has 2 aliphatic heterocycles. The number of nitrogens with one attached hydrogen (secondary N) is 7. The van der Waals surface area contributed by atoms with E-state index in [9.17, 15) is 27.6 Å². The first-order valence-electron chi connectivity index (χ1n) is 10.9. The maximum atomic E-state index is 13.2. The van der Waals surface area contributed by atoms with Crippen LogP contribution in [0.5, 0.6) is 0 Å². The summed E-state index contributed by atoms with van der Waals surface area (Å²) in [6.45, 7) is 4.91. The van der Waals surface area contributed by atoms with E-state index >= 15 is 0 Å². The van der Waals surface area contributed by atoms with Gasteiger partial charge in [-0.25, -0.2) is 15.0 Å². The fourth-order valence-electron chi connectivity index (χ4n) is 3.57. The van der Waals surface area contributed by atoms with Crippen molar-refractivity contribution in [2.75, 3.05) is 19.6 Å². The molecule has 3 unspecified atom stereocenters. The maximum absolute atomic E-state index is 13.2. The Kier molecular flexibility index (Phi) is 10.4. The third-order valence-corrected chi connectivity index (χ3v) is 6.16. The zero-order valence-electron chi connectivity index (χ0n) is 19.2. The normalized spacial score (nSPS) is 20.9. The first-order valence-corrected chi connectivity index (χ1v) is 11.9. The van der Waals surface area contributed by atoms with Crippen molar-refractivity contribution in [3.05, 3.63) is 34.8 Å². The number of hydrogen-bond donors (Lipinski definition) is 8. The van der Waals surface area contributed by atoms with E-state index in [4.69, 9.17) is 5.11 Å². The summed E-state index contributed by atoms with van der Waals surface area (Å²) in [6.07, 6.45) is -2.12. The van der Waals surface area contributed by atoms with Crippen LogP contribution in [0.4, 0.5) is 22.8 Å². The molecule has 15 heteroatoms. The number of hydrazine groups is 1. The molecule has 2 aliphatic rings. The number of amides is 4. The van der Waals surface area contributed by atoms with E-state index in [1.54, 1.807) is 18.4 Å². The molecule has 4 amide bonds. The van der Waals surface area contributed by atoms with Crippen LogP contribution in [-0.4, -0.2) is 54.3 Å². The number of urea groups is 1. The maximum Gasteiger partial charge on any atom is 0.431 e. The summed E-state index contributed by atoms with van der Waals surface area (Å²) in [5.74, 6) is -0.901. The standard InChI is InChI=1S/C20H30F3N7O4S/c1-3-25-15(28-18(32)26-4-2)7-12(17-27-14(10-35-17)20(21,22)23)5-11-6-13(9-24-8-11)16(31)29-30-19(33)34/h7,9-12,17,24-25,27,30H,3-6,8H2,1-2H3,(H,29,31)(H,33,34)(H2,26,28,32)/b15-7+. The lowest BCUT2D eigenvalue weighted by Crippen LogP contribution is -2.43. The molecule has 0 aromatic heterocycles. The van der Waals surface area contributed by atoms with Crippen LogP contribution in [0.3, 0.4) is 0 Å². The Bertz CT molecular complexity index is 879. The van der Waals surface area contributed by atoms with Gasteiger partial charge in [-0.3, -0.25) is 15.5 Å². The summed E-state index contributed by atoms with van der Waals surface area (Å²) in [5, 5.41) is 22.8. The zero-order valence-corrected chi connectivity index (χ0v) is 20.0. The molecule has 35 heavy (non-hydrogen) atoms. The number of halogens is 3. The third-order valence-electron chi connectivity index (χ3n) is 5.03. The average Bonchev–Trinajstić information content (AvgIpc) is 3.28. The molecule has 0 saturated heterocycles. The van der Waals surface area contributed by atoms with Crippen LogP contribution in [0.1, 0.15) is 26.7 Å². The lowest BCUT2D eigenvalue weighted by Gasteiger charge is -2.30. The second-order valence-corrected chi connectivity index (χ2v) is 8.77. The number of carbonyl (C=O) groups excluding carboxylic acids is 2. The zero-order chi connectivity index (χ0) is 26.0. The minimum Gasteiger partial charge on any atom is -0.464 e. The van der Waals surface area contributed by atoms with Gasteiger partial charge in [0.25, 0.3) is 5.91 Å². The highest BCUT2D eigenvalue weighted by atomic mass is 32.2. The fourth-order valence-corrected chi connectivity index (χ4v) is 4.64. The monoisotopic (exact) mass is 521 g/mol. The molecular weight excluding hydrogens is 491 g/mol. The average molecular weight is 522 g/mol. The van der Waals surface area contributed by atoms with Crippen molar-refractivity contribution >= 4 is 29.8 Å². The van der Waals surface area contributed by atoms with Gasteiger partial charge in [-0.1, -0.05) is 0 Å². The highest BCUT2D eigenvalue weighted by Crippen LogP contribution is 2.38. The Morgan fingerprint density at radius 2 is 1.94 bits per heavy atom. The fraction of sp³-hybridized carbons (Fsp3) is 0.550. The first kappa shape index (κ1) is 28.0. The third kappa shape index (κ3) is 9.15. The molecule has 0 spiro atoms. The molecule has 2 heterocycles. The van der Waals surface area contributed by atoms with Gasteiger partial charge >= 0.3 is 18.3 Å². The number of carbonyl (C=O) groups is 3. The van der Waals surface area contributed by atoms with Gasteiger partial charge in [-0.05, 0) is 38.7 Å². The second-order valence-electron chi connectivity index (χ2n) is 7.76. The number of alkyl halides is 3. The summed E-state index contributed by atoms with van der Waals surface area (Å²) in [7, 11) is 0. The van der Waals surface area contributed by atoms with Crippen molar-refractivity contribution in [2.45, 2.75) is 38.2 Å². The summed E-state index contributed by atoms with van der Waals surface area (Å²) in [4.78, 5) is 34.9. The van der Waals surface area contributed by atoms with Gasteiger partial charge in [-0.2, -0.15) is 13.2 Å². The van der Waals surface area contributed by atoms with Crippen molar-refractivity contribution in [1.29, 1.82) is 0 Å². The number of carboxylic acid groups (broad SMARTS) is 1. The van der Waals surface area contributed by atoms with Crippen molar-refractivity contribution in [3.63, 3.8) is 0 Å². The molecule has 0 fully saturated rings. The van der Waals surface area contributed by atoms with E-state index in [0.29, 0.717) is 37.4 Å². The predicted octanol–water partition coefficient (Wildman–Crippen LogP) is 1.62. The van der Waals surface area contributed by atoms with Gasteiger partial charge in [-0.15, -0.1) is 11.8 Å². The Balaban J connectivity index is 2.19. The van der Waals surface area contributed by atoms with E-state index in [1.807, 2.05) is 6.92 Å². The minimum absolute atomic E-state index is 0.156. The molecule has 196 valence electrons. The highest BCUT2D eigenvalue weighted by molar-refractivity contribution is 8.03. The van der Waals surface area contributed by atoms with Crippen molar-refractivity contribution in [3.8, 4) is 0 Å². The van der Waals surface area contributed by atoms with Gasteiger partial charge in [0.05, 0.1) is 5.37 Å². The molecule has 3 atom stereocenters. The van der Waals surface area contributed by atoms with Crippen LogP contribution in [0.25, 0.3) is 0 Å². The van der Waals surface area contributed by atoms with Crippen LogP contribution in [0.2, 0.25) is 0 Å². The molecule has 0 bridgehead atoms. The Morgan fingerprint density at radius 3 is 2.54 bits per heavy atom. The van der Waals surface area contributed by atoms with Crippen LogP contribution in [-0.2, 0) is 4.79 Å². The van der Waals surface area contributed by atoms with Crippen LogP contribution >= 0.6 is 11.8 Å². The lowest BCUT2D eigenvalue weighted by atomic mass is 9.87. The van der Waals surface area contributed by atoms with E-state index in [1.165, 1.54) is 6.20 Å². The van der Waals surface area contributed by atoms with Gasteiger partial charge in [0.2, 0.25) is 0 Å². The quantitative estimate of drug-likeness (QED) is 0.213. The predicted molar refractivity (Wildman–Crippen MR) is 124 cm³/mol. The molecule has 0 aromatic carbocycles.